The normalized spacial score (nSPS) is 15.2. The third kappa shape index (κ3) is 1.94. The van der Waals surface area contributed by atoms with Crippen LogP contribution in [0.2, 0.25) is 0 Å². The number of rotatable bonds is 0. The summed E-state index contributed by atoms with van der Waals surface area (Å²) in [5.41, 5.74) is 2.55. The summed E-state index contributed by atoms with van der Waals surface area (Å²) < 4.78 is 11.3. The van der Waals surface area contributed by atoms with Crippen LogP contribution in [0.4, 0.5) is 0 Å². The molecule has 2 rings (SSSR count). The van der Waals surface area contributed by atoms with Crippen LogP contribution >= 0.6 is 0 Å². The van der Waals surface area contributed by atoms with Crippen LogP contribution in [0.5, 0.6) is 11.5 Å². The molecule has 0 N–H and O–H groups in total. The largest absolute Gasteiger partial charge is 0.486 e. The van der Waals surface area contributed by atoms with E-state index in [1.807, 2.05) is 6.07 Å². The molecule has 0 radical (unpaired) electrons. The third-order valence-electron chi connectivity index (χ3n) is 2.59. The second-order valence-corrected chi connectivity index (χ2v) is 5.09. The number of benzene rings is 1. The van der Waals surface area contributed by atoms with Crippen molar-refractivity contribution >= 4 is 0 Å². The predicted molar refractivity (Wildman–Crippen MR) is 60.9 cm³/mol. The summed E-state index contributed by atoms with van der Waals surface area (Å²) in [5, 5.41) is 0. The van der Waals surface area contributed by atoms with Gasteiger partial charge in [0.2, 0.25) is 0 Å². The molecule has 0 bridgehead atoms. The van der Waals surface area contributed by atoms with E-state index in [9.17, 15) is 0 Å². The quantitative estimate of drug-likeness (QED) is 0.649. The first kappa shape index (κ1) is 10.3. The lowest BCUT2D eigenvalue weighted by atomic mass is 9.85. The molecule has 0 spiro atoms. The Hall–Kier alpha value is -1.18. The summed E-state index contributed by atoms with van der Waals surface area (Å²) in [4.78, 5) is 0. The van der Waals surface area contributed by atoms with Crippen molar-refractivity contribution in [2.24, 2.45) is 0 Å². The van der Waals surface area contributed by atoms with Crippen molar-refractivity contribution in [2.75, 3.05) is 13.2 Å². The lowest BCUT2D eigenvalue weighted by molar-refractivity contribution is 0.168. The van der Waals surface area contributed by atoms with Gasteiger partial charge in [-0.15, -0.1) is 0 Å². The fraction of sp³-hybridized carbons (Fsp3) is 0.538. The van der Waals surface area contributed by atoms with Gasteiger partial charge in [0.05, 0.1) is 0 Å². The molecule has 82 valence electrons. The Bertz CT molecular complexity index is 375. The molecule has 1 heterocycles. The summed E-state index contributed by atoms with van der Waals surface area (Å²) in [6, 6.07) is 4.23. The van der Waals surface area contributed by atoms with Crippen LogP contribution in [-0.2, 0) is 5.41 Å². The van der Waals surface area contributed by atoms with Crippen molar-refractivity contribution in [2.45, 2.75) is 33.1 Å². The molecule has 0 atom stereocenters. The van der Waals surface area contributed by atoms with Crippen LogP contribution in [0.15, 0.2) is 12.1 Å². The number of hydrogen-bond acceptors (Lipinski definition) is 2. The van der Waals surface area contributed by atoms with E-state index in [0.29, 0.717) is 13.2 Å². The predicted octanol–water partition coefficient (Wildman–Crippen LogP) is 3.06. The highest BCUT2D eigenvalue weighted by Gasteiger charge is 2.24. The summed E-state index contributed by atoms with van der Waals surface area (Å²) in [6.07, 6.45) is 0. The van der Waals surface area contributed by atoms with Gasteiger partial charge in [-0.25, -0.2) is 0 Å². The topological polar surface area (TPSA) is 18.5 Å². The van der Waals surface area contributed by atoms with Gasteiger partial charge in [0.25, 0.3) is 0 Å². The van der Waals surface area contributed by atoms with Crippen LogP contribution in [0.25, 0.3) is 0 Å². The van der Waals surface area contributed by atoms with E-state index in [4.69, 9.17) is 9.47 Å². The molecular formula is C13H18O2. The second-order valence-electron chi connectivity index (χ2n) is 5.09. The Balaban J connectivity index is 2.58. The molecule has 0 fully saturated rings. The minimum atomic E-state index is 0.0941. The Labute approximate surface area is 91.2 Å². The lowest BCUT2D eigenvalue weighted by Crippen LogP contribution is -2.21. The molecule has 1 aliphatic heterocycles. The van der Waals surface area contributed by atoms with Crippen LogP contribution in [-0.4, -0.2) is 13.2 Å². The van der Waals surface area contributed by atoms with Gasteiger partial charge in [-0.1, -0.05) is 26.8 Å². The van der Waals surface area contributed by atoms with Crippen LogP contribution in [0.1, 0.15) is 31.9 Å². The Morgan fingerprint density at radius 2 is 1.73 bits per heavy atom. The minimum Gasteiger partial charge on any atom is -0.486 e. The fourth-order valence-corrected chi connectivity index (χ4v) is 1.85. The zero-order valence-electron chi connectivity index (χ0n) is 9.89. The Morgan fingerprint density at radius 3 is 2.40 bits per heavy atom. The van der Waals surface area contributed by atoms with Gasteiger partial charge in [-0.2, -0.15) is 0 Å². The number of ether oxygens (including phenoxy) is 2. The van der Waals surface area contributed by atoms with E-state index >= 15 is 0 Å². The second kappa shape index (κ2) is 3.44. The van der Waals surface area contributed by atoms with Crippen LogP contribution < -0.4 is 9.47 Å². The van der Waals surface area contributed by atoms with E-state index in [-0.39, 0.29) is 5.41 Å². The summed E-state index contributed by atoms with van der Waals surface area (Å²) >= 11 is 0. The van der Waals surface area contributed by atoms with E-state index < -0.39 is 0 Å². The highest BCUT2D eigenvalue weighted by molar-refractivity contribution is 5.52. The third-order valence-corrected chi connectivity index (χ3v) is 2.59. The zero-order valence-corrected chi connectivity index (χ0v) is 9.89. The molecule has 1 aromatic rings. The molecule has 1 aliphatic rings. The molecule has 15 heavy (non-hydrogen) atoms. The average Bonchev–Trinajstić information content (AvgIpc) is 2.15. The number of hydrogen-bond donors (Lipinski definition) is 0. The monoisotopic (exact) mass is 206 g/mol. The van der Waals surface area contributed by atoms with Crippen molar-refractivity contribution in [1.29, 1.82) is 0 Å². The first-order chi connectivity index (χ1) is 6.98. The maximum Gasteiger partial charge on any atom is 0.165 e. The highest BCUT2D eigenvalue weighted by Crippen LogP contribution is 2.40. The lowest BCUT2D eigenvalue weighted by Gasteiger charge is -2.28. The van der Waals surface area contributed by atoms with Gasteiger partial charge in [-0.3, -0.25) is 0 Å². The van der Waals surface area contributed by atoms with Gasteiger partial charge in [-0.05, 0) is 24.0 Å². The molecule has 0 unspecified atom stereocenters. The molecule has 0 amide bonds. The van der Waals surface area contributed by atoms with Crippen molar-refractivity contribution in [3.8, 4) is 11.5 Å². The van der Waals surface area contributed by atoms with Gasteiger partial charge in [0.1, 0.15) is 13.2 Å². The Morgan fingerprint density at radius 1 is 1.07 bits per heavy atom. The fourth-order valence-electron chi connectivity index (χ4n) is 1.85. The van der Waals surface area contributed by atoms with Crippen LogP contribution in [0.3, 0.4) is 0 Å². The van der Waals surface area contributed by atoms with E-state index in [2.05, 4.69) is 33.8 Å². The highest BCUT2D eigenvalue weighted by atomic mass is 16.6. The summed E-state index contributed by atoms with van der Waals surface area (Å²) in [6.45, 7) is 9.98. The van der Waals surface area contributed by atoms with E-state index in [0.717, 1.165) is 11.5 Å². The van der Waals surface area contributed by atoms with Crippen LogP contribution in [0, 0.1) is 6.92 Å². The van der Waals surface area contributed by atoms with Crippen molar-refractivity contribution in [1.82, 2.24) is 0 Å². The Kier molecular flexibility index (Phi) is 2.37. The molecule has 1 aromatic carbocycles. The molecule has 2 heteroatoms. The first-order valence-electron chi connectivity index (χ1n) is 5.39. The maximum absolute atomic E-state index is 5.71. The molecule has 0 aliphatic carbocycles. The van der Waals surface area contributed by atoms with Gasteiger partial charge < -0.3 is 9.47 Å². The standard InChI is InChI=1S/C13H18O2/c1-9-7-10(13(2,3)4)12-11(8-9)14-5-6-15-12/h7-8H,5-6H2,1-4H3. The van der Waals surface area contributed by atoms with Crippen molar-refractivity contribution < 1.29 is 9.47 Å². The molecule has 2 nitrogen and oxygen atoms in total. The summed E-state index contributed by atoms with van der Waals surface area (Å²) in [5.74, 6) is 1.82. The first-order valence-corrected chi connectivity index (χ1v) is 5.39. The van der Waals surface area contributed by atoms with Crippen molar-refractivity contribution in [3.05, 3.63) is 23.3 Å². The van der Waals surface area contributed by atoms with Crippen molar-refractivity contribution in [3.63, 3.8) is 0 Å². The molecule has 0 saturated carbocycles. The van der Waals surface area contributed by atoms with Gasteiger partial charge >= 0.3 is 0 Å². The zero-order chi connectivity index (χ0) is 11.1. The average molecular weight is 206 g/mol. The molecular weight excluding hydrogens is 188 g/mol. The number of fused-ring (bicyclic) bond motifs is 1. The molecule has 0 saturated heterocycles. The summed E-state index contributed by atoms with van der Waals surface area (Å²) in [7, 11) is 0. The SMILES string of the molecule is Cc1cc2c(c(C(C)(C)C)c1)OCCO2. The van der Waals surface area contributed by atoms with Gasteiger partial charge in [0.15, 0.2) is 11.5 Å². The van der Waals surface area contributed by atoms with E-state index in [1.54, 1.807) is 0 Å². The number of aryl methyl sites for hydroxylation is 1. The van der Waals surface area contributed by atoms with E-state index in [1.165, 1.54) is 11.1 Å². The molecule has 0 aromatic heterocycles. The van der Waals surface area contributed by atoms with Gasteiger partial charge in [0, 0.05) is 5.56 Å². The minimum absolute atomic E-state index is 0.0941. The maximum atomic E-state index is 5.71. The smallest absolute Gasteiger partial charge is 0.165 e.